The largest absolute Gasteiger partial charge is 0.380 e. The van der Waals surface area contributed by atoms with Crippen molar-refractivity contribution in [2.75, 3.05) is 7.11 Å². The summed E-state index contributed by atoms with van der Waals surface area (Å²) in [4.78, 5) is 15.6. The smallest absolute Gasteiger partial charge is 0.274 e. The third-order valence-corrected chi connectivity index (χ3v) is 2.64. The molecule has 2 rings (SSSR count). The Morgan fingerprint density at radius 3 is 3.00 bits per heavy atom. The number of aryl methyl sites for hydroxylation is 1. The van der Waals surface area contributed by atoms with Crippen molar-refractivity contribution in [1.29, 1.82) is 0 Å². The number of hydrogen-bond acceptors (Lipinski definition) is 4. The Morgan fingerprint density at radius 1 is 1.56 bits per heavy atom. The van der Waals surface area contributed by atoms with Gasteiger partial charge in [0, 0.05) is 30.5 Å². The third-order valence-electron chi connectivity index (χ3n) is 2.34. The fraction of sp³-hybridized carbons (Fsp3) is 0.300. The van der Waals surface area contributed by atoms with Gasteiger partial charge in [0.15, 0.2) is 10.8 Å². The first-order chi connectivity index (χ1) is 7.65. The summed E-state index contributed by atoms with van der Waals surface area (Å²) in [5, 5.41) is 4.25. The van der Waals surface area contributed by atoms with Gasteiger partial charge in [0.2, 0.25) is 0 Å². The van der Waals surface area contributed by atoms with Gasteiger partial charge in [-0.25, -0.2) is 4.98 Å². The molecule has 0 spiro atoms. The lowest BCUT2D eigenvalue weighted by molar-refractivity contribution is 0.184. The Bertz CT molecular complexity index is 594. The Kier molecular flexibility index (Phi) is 2.89. The van der Waals surface area contributed by atoms with Crippen LogP contribution in [-0.4, -0.2) is 21.7 Å². The number of ether oxygens (including phenoxy) is 1. The molecule has 0 aliphatic carbocycles. The number of aromatic nitrogens is 3. The van der Waals surface area contributed by atoms with Gasteiger partial charge in [-0.05, 0) is 6.92 Å². The summed E-state index contributed by atoms with van der Waals surface area (Å²) in [6.07, 6.45) is 1.46. The summed E-state index contributed by atoms with van der Waals surface area (Å²) in [7, 11) is 1.57. The number of nitrogens with zero attached hydrogens (tertiary/aromatic N) is 3. The lowest BCUT2D eigenvalue weighted by Crippen LogP contribution is -2.18. The Morgan fingerprint density at radius 2 is 2.31 bits per heavy atom. The Labute approximate surface area is 96.6 Å². The maximum atomic E-state index is 11.5. The molecular weight excluding hydrogens is 230 g/mol. The van der Waals surface area contributed by atoms with Crippen LogP contribution in [0.3, 0.4) is 0 Å². The first-order valence-corrected chi connectivity index (χ1v) is 5.05. The van der Waals surface area contributed by atoms with E-state index < -0.39 is 0 Å². The van der Waals surface area contributed by atoms with E-state index in [1.165, 1.54) is 16.8 Å². The fourth-order valence-electron chi connectivity index (χ4n) is 1.50. The summed E-state index contributed by atoms with van der Waals surface area (Å²) in [5.41, 5.74) is 1.81. The normalized spacial score (nSPS) is 10.9. The molecule has 5 nitrogen and oxygen atoms in total. The molecule has 0 amide bonds. The van der Waals surface area contributed by atoms with Gasteiger partial charge >= 0.3 is 0 Å². The highest BCUT2D eigenvalue weighted by Gasteiger charge is 2.11. The second-order valence-corrected chi connectivity index (χ2v) is 3.70. The topological polar surface area (TPSA) is 56.5 Å². The monoisotopic (exact) mass is 239 g/mol. The van der Waals surface area contributed by atoms with Gasteiger partial charge in [0.05, 0.1) is 6.61 Å². The summed E-state index contributed by atoms with van der Waals surface area (Å²) in [6.45, 7) is 2.18. The molecule has 2 aromatic heterocycles. The second kappa shape index (κ2) is 4.19. The molecule has 6 heteroatoms. The zero-order valence-corrected chi connectivity index (χ0v) is 9.65. The molecule has 84 valence electrons. The van der Waals surface area contributed by atoms with Crippen LogP contribution in [0.2, 0.25) is 5.15 Å². The molecule has 0 aliphatic rings. The zero-order valence-electron chi connectivity index (χ0n) is 8.90. The number of rotatable bonds is 2. The Balaban J connectivity index is 2.83. The highest BCUT2D eigenvalue weighted by atomic mass is 35.5. The van der Waals surface area contributed by atoms with Crippen LogP contribution in [-0.2, 0) is 11.3 Å². The maximum Gasteiger partial charge on any atom is 0.274 e. The van der Waals surface area contributed by atoms with Crippen molar-refractivity contribution in [2.24, 2.45) is 0 Å². The van der Waals surface area contributed by atoms with Gasteiger partial charge in [-0.1, -0.05) is 11.6 Å². The van der Waals surface area contributed by atoms with Crippen LogP contribution < -0.4 is 5.56 Å². The van der Waals surface area contributed by atoms with E-state index in [4.69, 9.17) is 16.3 Å². The minimum absolute atomic E-state index is 0.251. The maximum absolute atomic E-state index is 11.5. The number of hydrogen-bond donors (Lipinski definition) is 0. The molecule has 0 radical (unpaired) electrons. The van der Waals surface area contributed by atoms with Crippen molar-refractivity contribution < 1.29 is 4.74 Å². The van der Waals surface area contributed by atoms with E-state index in [0.29, 0.717) is 12.3 Å². The highest BCUT2D eigenvalue weighted by Crippen LogP contribution is 2.19. The first kappa shape index (κ1) is 11.0. The van der Waals surface area contributed by atoms with E-state index >= 15 is 0 Å². The van der Waals surface area contributed by atoms with Crippen molar-refractivity contribution >= 4 is 17.2 Å². The molecule has 0 aromatic carbocycles. The summed E-state index contributed by atoms with van der Waals surface area (Å²) < 4.78 is 6.22. The minimum atomic E-state index is -0.251. The van der Waals surface area contributed by atoms with E-state index in [0.717, 1.165) is 11.1 Å². The molecule has 0 N–H and O–H groups in total. The van der Waals surface area contributed by atoms with E-state index in [1.54, 1.807) is 7.11 Å². The highest BCUT2D eigenvalue weighted by molar-refractivity contribution is 6.30. The standard InChI is InChI=1S/C10H10ClN3O2/c1-6-7(5-16-2)9(11)13-14-8(15)3-4-12-10(6)14/h3-4H,5H2,1-2H3. The number of methoxy groups -OCH3 is 1. The van der Waals surface area contributed by atoms with Gasteiger partial charge in [-0.15, -0.1) is 0 Å². The molecule has 0 saturated carbocycles. The molecule has 0 unspecified atom stereocenters. The predicted octanol–water partition coefficient (Wildman–Crippen LogP) is 1.20. The van der Waals surface area contributed by atoms with Crippen molar-refractivity contribution in [3.05, 3.63) is 38.9 Å². The average molecular weight is 240 g/mol. The van der Waals surface area contributed by atoms with Gasteiger partial charge in [-0.2, -0.15) is 9.61 Å². The third kappa shape index (κ3) is 1.68. The van der Waals surface area contributed by atoms with Gasteiger partial charge in [0.1, 0.15) is 0 Å². The van der Waals surface area contributed by atoms with E-state index in [2.05, 4.69) is 10.1 Å². The molecule has 0 aliphatic heterocycles. The van der Waals surface area contributed by atoms with Crippen LogP contribution in [0, 0.1) is 6.92 Å². The lowest BCUT2D eigenvalue weighted by atomic mass is 10.2. The molecule has 0 saturated heterocycles. The summed E-state index contributed by atoms with van der Waals surface area (Å²) >= 11 is 5.98. The molecule has 0 fully saturated rings. The molecular formula is C10H10ClN3O2. The van der Waals surface area contributed by atoms with Crippen LogP contribution >= 0.6 is 11.6 Å². The Hall–Kier alpha value is -1.46. The minimum Gasteiger partial charge on any atom is -0.380 e. The van der Waals surface area contributed by atoms with E-state index in [9.17, 15) is 4.79 Å². The second-order valence-electron chi connectivity index (χ2n) is 3.35. The van der Waals surface area contributed by atoms with Gasteiger partial charge in [0.25, 0.3) is 5.56 Å². The molecule has 2 aromatic rings. The molecule has 0 bridgehead atoms. The predicted molar refractivity (Wildman–Crippen MR) is 59.7 cm³/mol. The van der Waals surface area contributed by atoms with Crippen LogP contribution in [0.4, 0.5) is 0 Å². The SMILES string of the molecule is COCc1c(Cl)nn2c(=O)ccnc2c1C. The van der Waals surface area contributed by atoms with E-state index in [-0.39, 0.29) is 10.7 Å². The average Bonchev–Trinajstić information content (AvgIpc) is 2.26. The number of fused-ring (bicyclic) bond motifs is 1. The summed E-state index contributed by atoms with van der Waals surface area (Å²) in [6, 6.07) is 1.34. The van der Waals surface area contributed by atoms with Crippen LogP contribution in [0.15, 0.2) is 17.1 Å². The zero-order chi connectivity index (χ0) is 11.7. The molecule has 2 heterocycles. The lowest BCUT2D eigenvalue weighted by Gasteiger charge is -2.09. The van der Waals surface area contributed by atoms with Crippen LogP contribution in [0.5, 0.6) is 0 Å². The fourth-order valence-corrected chi connectivity index (χ4v) is 1.78. The van der Waals surface area contributed by atoms with Gasteiger partial charge in [-0.3, -0.25) is 4.79 Å². The van der Waals surface area contributed by atoms with Crippen molar-refractivity contribution in [3.63, 3.8) is 0 Å². The first-order valence-electron chi connectivity index (χ1n) is 4.67. The van der Waals surface area contributed by atoms with Crippen LogP contribution in [0.1, 0.15) is 11.1 Å². The molecule has 0 atom stereocenters. The van der Waals surface area contributed by atoms with Crippen LogP contribution in [0.25, 0.3) is 5.65 Å². The van der Waals surface area contributed by atoms with Crippen molar-refractivity contribution in [3.8, 4) is 0 Å². The molecule has 16 heavy (non-hydrogen) atoms. The quantitative estimate of drug-likeness (QED) is 0.790. The van der Waals surface area contributed by atoms with Crippen molar-refractivity contribution in [2.45, 2.75) is 13.5 Å². The van der Waals surface area contributed by atoms with Gasteiger partial charge < -0.3 is 4.74 Å². The van der Waals surface area contributed by atoms with E-state index in [1.807, 2.05) is 6.92 Å². The summed E-state index contributed by atoms with van der Waals surface area (Å²) in [5.74, 6) is 0. The number of halogens is 1. The van der Waals surface area contributed by atoms with Crippen molar-refractivity contribution in [1.82, 2.24) is 14.6 Å².